The molecule has 0 bridgehead atoms. The second-order valence-corrected chi connectivity index (χ2v) is 6.52. The Morgan fingerprint density at radius 3 is 2.52 bits per heavy atom. The number of likely N-dealkylation sites (tertiary alicyclic amines) is 1. The molecule has 0 atom stereocenters. The molecule has 21 heavy (non-hydrogen) atoms. The highest BCUT2D eigenvalue weighted by atomic mass is 35.5. The molecule has 1 aromatic carbocycles. The molecule has 114 valence electrons. The van der Waals surface area contributed by atoms with Gasteiger partial charge < -0.3 is 10.2 Å². The molecule has 1 N–H and O–H groups in total. The molecular formula is C16H20ClFN2O. The van der Waals surface area contributed by atoms with E-state index >= 15 is 0 Å². The first-order valence-electron chi connectivity index (χ1n) is 7.55. The second-order valence-electron chi connectivity index (χ2n) is 6.14. The van der Waals surface area contributed by atoms with Crippen LogP contribution in [0.3, 0.4) is 0 Å². The van der Waals surface area contributed by atoms with Crippen molar-refractivity contribution in [3.8, 4) is 0 Å². The summed E-state index contributed by atoms with van der Waals surface area (Å²) in [6.07, 6.45) is 4.45. The van der Waals surface area contributed by atoms with Crippen LogP contribution in [0.25, 0.3) is 0 Å². The number of hydrogen-bond donors (Lipinski definition) is 1. The third-order valence-corrected chi connectivity index (χ3v) is 5.34. The number of nitrogens with zero attached hydrogens (tertiary/aromatic N) is 1. The molecule has 3 rings (SSSR count). The quantitative estimate of drug-likeness (QED) is 0.864. The lowest BCUT2D eigenvalue weighted by Crippen LogP contribution is -2.47. The van der Waals surface area contributed by atoms with E-state index in [9.17, 15) is 9.18 Å². The van der Waals surface area contributed by atoms with Gasteiger partial charge in [-0.25, -0.2) is 4.39 Å². The summed E-state index contributed by atoms with van der Waals surface area (Å²) in [7, 11) is 0. The van der Waals surface area contributed by atoms with E-state index in [-0.39, 0.29) is 16.5 Å². The number of carbonyl (C=O) groups excluding carboxylic acids is 1. The number of benzene rings is 1. The van der Waals surface area contributed by atoms with Gasteiger partial charge in [-0.3, -0.25) is 4.79 Å². The fourth-order valence-electron chi connectivity index (χ4n) is 3.48. The molecule has 0 aliphatic carbocycles. The highest BCUT2D eigenvalue weighted by Gasteiger charge is 2.37. The largest absolute Gasteiger partial charge is 0.339 e. The van der Waals surface area contributed by atoms with Crippen LogP contribution in [0.2, 0.25) is 5.02 Å². The Balaban J connectivity index is 1.69. The summed E-state index contributed by atoms with van der Waals surface area (Å²) in [5.74, 6) is -0.683. The molecule has 1 aromatic rings. The van der Waals surface area contributed by atoms with Crippen molar-refractivity contribution >= 4 is 17.5 Å². The summed E-state index contributed by atoms with van der Waals surface area (Å²) in [5, 5.41) is 3.33. The normalized spacial score (nSPS) is 21.5. The molecule has 0 unspecified atom stereocenters. The van der Waals surface area contributed by atoms with Gasteiger partial charge in [0.15, 0.2) is 0 Å². The Bertz CT molecular complexity index is 533. The molecule has 2 aliphatic rings. The van der Waals surface area contributed by atoms with Crippen LogP contribution in [0.5, 0.6) is 0 Å². The SMILES string of the molecule is O=C(c1cccc(F)c1Cl)N1CCC2(CCNCC2)CC1. The van der Waals surface area contributed by atoms with Gasteiger partial charge >= 0.3 is 0 Å². The van der Waals surface area contributed by atoms with Crippen LogP contribution in [0.15, 0.2) is 18.2 Å². The van der Waals surface area contributed by atoms with Gasteiger partial charge in [-0.2, -0.15) is 0 Å². The van der Waals surface area contributed by atoms with Crippen molar-refractivity contribution in [2.45, 2.75) is 25.7 Å². The predicted octanol–water partition coefficient (Wildman–Crippen LogP) is 3.08. The summed E-state index contributed by atoms with van der Waals surface area (Å²) < 4.78 is 13.5. The molecule has 1 spiro atoms. The highest BCUT2D eigenvalue weighted by molar-refractivity contribution is 6.34. The minimum atomic E-state index is -0.533. The maximum Gasteiger partial charge on any atom is 0.255 e. The van der Waals surface area contributed by atoms with E-state index in [0.717, 1.165) is 39.0 Å². The van der Waals surface area contributed by atoms with Gasteiger partial charge in [-0.05, 0) is 56.3 Å². The molecule has 0 aromatic heterocycles. The molecule has 5 heteroatoms. The predicted molar refractivity (Wildman–Crippen MR) is 81.1 cm³/mol. The molecular weight excluding hydrogens is 291 g/mol. The monoisotopic (exact) mass is 310 g/mol. The lowest BCUT2D eigenvalue weighted by Gasteiger charge is -2.44. The van der Waals surface area contributed by atoms with Crippen LogP contribution < -0.4 is 5.32 Å². The van der Waals surface area contributed by atoms with E-state index in [1.165, 1.54) is 25.0 Å². The smallest absolute Gasteiger partial charge is 0.255 e. The first-order chi connectivity index (χ1) is 10.1. The standard InChI is InChI=1S/C16H20ClFN2O/c17-14-12(2-1-3-13(14)18)15(21)20-10-6-16(7-11-20)4-8-19-9-5-16/h1-3,19H,4-11H2. The van der Waals surface area contributed by atoms with Crippen LogP contribution in [-0.4, -0.2) is 37.0 Å². The third kappa shape index (κ3) is 2.92. The van der Waals surface area contributed by atoms with Crippen LogP contribution in [0, 0.1) is 11.2 Å². The molecule has 0 radical (unpaired) electrons. The minimum absolute atomic E-state index is 0.0651. The Morgan fingerprint density at radius 1 is 1.19 bits per heavy atom. The number of piperidine rings is 2. The Kier molecular flexibility index (Phi) is 4.18. The summed E-state index contributed by atoms with van der Waals surface area (Å²) in [4.78, 5) is 14.3. The maximum atomic E-state index is 13.5. The zero-order valence-corrected chi connectivity index (χ0v) is 12.8. The zero-order valence-electron chi connectivity index (χ0n) is 12.0. The van der Waals surface area contributed by atoms with Crippen LogP contribution in [-0.2, 0) is 0 Å². The minimum Gasteiger partial charge on any atom is -0.339 e. The van der Waals surface area contributed by atoms with Crippen molar-refractivity contribution in [3.63, 3.8) is 0 Å². The maximum absolute atomic E-state index is 13.5. The van der Waals surface area contributed by atoms with Crippen molar-refractivity contribution in [3.05, 3.63) is 34.6 Å². The Morgan fingerprint density at radius 2 is 1.86 bits per heavy atom. The molecule has 1 amide bonds. The van der Waals surface area contributed by atoms with Crippen LogP contribution in [0.4, 0.5) is 4.39 Å². The summed E-state index contributed by atoms with van der Waals surface area (Å²) in [5.41, 5.74) is 0.672. The van der Waals surface area contributed by atoms with E-state index in [4.69, 9.17) is 11.6 Å². The van der Waals surface area contributed by atoms with Gasteiger partial charge in [0.25, 0.3) is 5.91 Å². The Hall–Kier alpha value is -1.13. The average molecular weight is 311 g/mol. The van der Waals surface area contributed by atoms with Gasteiger partial charge in [-0.15, -0.1) is 0 Å². The first kappa shape index (κ1) is 14.8. The van der Waals surface area contributed by atoms with E-state index in [2.05, 4.69) is 5.32 Å². The summed E-state index contributed by atoms with van der Waals surface area (Å²) >= 11 is 5.92. The molecule has 0 saturated carbocycles. The lowest BCUT2D eigenvalue weighted by atomic mass is 9.71. The summed E-state index contributed by atoms with van der Waals surface area (Å²) in [6.45, 7) is 3.63. The van der Waals surface area contributed by atoms with Crippen molar-refractivity contribution in [1.29, 1.82) is 0 Å². The van der Waals surface area contributed by atoms with Crippen molar-refractivity contribution in [2.24, 2.45) is 5.41 Å². The highest BCUT2D eigenvalue weighted by Crippen LogP contribution is 2.39. The zero-order chi connectivity index (χ0) is 14.9. The van der Waals surface area contributed by atoms with E-state index < -0.39 is 5.82 Å². The van der Waals surface area contributed by atoms with Crippen molar-refractivity contribution in [2.75, 3.05) is 26.2 Å². The topological polar surface area (TPSA) is 32.3 Å². The number of halogens is 2. The van der Waals surface area contributed by atoms with E-state index in [1.54, 1.807) is 6.07 Å². The second kappa shape index (κ2) is 5.93. The molecule has 2 fully saturated rings. The summed E-state index contributed by atoms with van der Waals surface area (Å²) in [6, 6.07) is 4.41. The van der Waals surface area contributed by atoms with Gasteiger partial charge in [0, 0.05) is 13.1 Å². The van der Waals surface area contributed by atoms with E-state index in [1.807, 2.05) is 4.90 Å². The molecule has 2 heterocycles. The van der Waals surface area contributed by atoms with E-state index in [0.29, 0.717) is 5.41 Å². The molecule has 2 aliphatic heterocycles. The first-order valence-corrected chi connectivity index (χ1v) is 7.93. The molecule has 3 nitrogen and oxygen atoms in total. The Labute approximate surface area is 129 Å². The van der Waals surface area contributed by atoms with Crippen LogP contribution >= 0.6 is 11.6 Å². The third-order valence-electron chi connectivity index (χ3n) is 4.96. The number of hydrogen-bond acceptors (Lipinski definition) is 2. The average Bonchev–Trinajstić information content (AvgIpc) is 2.51. The van der Waals surface area contributed by atoms with Crippen molar-refractivity contribution < 1.29 is 9.18 Å². The van der Waals surface area contributed by atoms with Gasteiger partial charge in [0.05, 0.1) is 10.6 Å². The van der Waals surface area contributed by atoms with Crippen molar-refractivity contribution in [1.82, 2.24) is 10.2 Å². The number of carbonyl (C=O) groups is 1. The lowest BCUT2D eigenvalue weighted by molar-refractivity contribution is 0.0495. The fourth-order valence-corrected chi connectivity index (χ4v) is 3.69. The number of amides is 1. The van der Waals surface area contributed by atoms with Gasteiger partial charge in [0.2, 0.25) is 0 Å². The van der Waals surface area contributed by atoms with Crippen LogP contribution in [0.1, 0.15) is 36.0 Å². The molecule has 2 saturated heterocycles. The fraction of sp³-hybridized carbons (Fsp3) is 0.562. The van der Waals surface area contributed by atoms with Gasteiger partial charge in [0.1, 0.15) is 5.82 Å². The number of nitrogens with one attached hydrogen (secondary N) is 1. The van der Waals surface area contributed by atoms with Gasteiger partial charge in [-0.1, -0.05) is 17.7 Å². The number of rotatable bonds is 1.